The van der Waals surface area contributed by atoms with Crippen LogP contribution in [0.15, 0.2) is 60.4 Å². The van der Waals surface area contributed by atoms with Gasteiger partial charge in [0.1, 0.15) is 11.5 Å². The SMILES string of the molecule is Cc1ccccc1/C=C1\Oc2c(CN3CCN(c4cccc(Cl)c4)CC3)c(O)cc(C)c2C1=O. The van der Waals surface area contributed by atoms with E-state index in [0.29, 0.717) is 29.2 Å². The molecule has 3 aromatic carbocycles. The predicted octanol–water partition coefficient (Wildman–Crippen LogP) is 5.60. The number of fused-ring (bicyclic) bond motifs is 1. The van der Waals surface area contributed by atoms with Gasteiger partial charge < -0.3 is 14.7 Å². The quantitative estimate of drug-likeness (QED) is 0.499. The summed E-state index contributed by atoms with van der Waals surface area (Å²) in [6.07, 6.45) is 1.79. The lowest BCUT2D eigenvalue weighted by atomic mass is 9.98. The van der Waals surface area contributed by atoms with Crippen molar-refractivity contribution in [3.8, 4) is 11.5 Å². The maximum Gasteiger partial charge on any atom is 0.232 e. The highest BCUT2D eigenvalue weighted by molar-refractivity contribution is 6.30. The second-order valence-corrected chi connectivity index (χ2v) is 9.37. The van der Waals surface area contributed by atoms with Gasteiger partial charge in [0.2, 0.25) is 5.78 Å². The summed E-state index contributed by atoms with van der Waals surface area (Å²) in [6, 6.07) is 17.5. The smallest absolute Gasteiger partial charge is 0.232 e. The third kappa shape index (κ3) is 4.29. The van der Waals surface area contributed by atoms with Crippen LogP contribution in [0.4, 0.5) is 5.69 Å². The number of anilines is 1. The zero-order valence-corrected chi connectivity index (χ0v) is 20.1. The average Bonchev–Trinajstić information content (AvgIpc) is 3.15. The highest BCUT2D eigenvalue weighted by Gasteiger charge is 2.34. The van der Waals surface area contributed by atoms with Crippen LogP contribution in [0.2, 0.25) is 5.02 Å². The van der Waals surface area contributed by atoms with E-state index in [1.807, 2.05) is 56.3 Å². The number of Topliss-reactive ketones (excluding diaryl/α,β-unsaturated/α-hetero) is 1. The van der Waals surface area contributed by atoms with Crippen LogP contribution in [0.3, 0.4) is 0 Å². The van der Waals surface area contributed by atoms with Crippen LogP contribution in [0.25, 0.3) is 6.08 Å². The minimum Gasteiger partial charge on any atom is -0.507 e. The van der Waals surface area contributed by atoms with E-state index in [9.17, 15) is 9.90 Å². The molecule has 34 heavy (non-hydrogen) atoms. The number of benzene rings is 3. The molecule has 1 saturated heterocycles. The first-order valence-electron chi connectivity index (χ1n) is 11.5. The summed E-state index contributed by atoms with van der Waals surface area (Å²) in [6.45, 7) is 7.72. The monoisotopic (exact) mass is 474 g/mol. The van der Waals surface area contributed by atoms with Crippen LogP contribution >= 0.6 is 11.6 Å². The Morgan fingerprint density at radius 1 is 1.00 bits per heavy atom. The molecular formula is C28H27ClN2O3. The van der Waals surface area contributed by atoms with Crippen molar-refractivity contribution < 1.29 is 14.6 Å². The first-order valence-corrected chi connectivity index (χ1v) is 11.9. The molecule has 174 valence electrons. The van der Waals surface area contributed by atoms with Crippen LogP contribution in [-0.4, -0.2) is 42.0 Å². The molecule has 0 spiro atoms. The number of halogens is 1. The topological polar surface area (TPSA) is 53.0 Å². The Balaban J connectivity index is 1.37. The fraction of sp³-hybridized carbons (Fsp3) is 0.250. The first-order chi connectivity index (χ1) is 16.4. The lowest BCUT2D eigenvalue weighted by Crippen LogP contribution is -2.46. The zero-order valence-electron chi connectivity index (χ0n) is 19.3. The summed E-state index contributed by atoms with van der Waals surface area (Å²) in [7, 11) is 0. The van der Waals surface area contributed by atoms with Gasteiger partial charge in [0.05, 0.1) is 11.1 Å². The van der Waals surface area contributed by atoms with Crippen molar-refractivity contribution in [2.45, 2.75) is 20.4 Å². The molecule has 0 saturated carbocycles. The summed E-state index contributed by atoms with van der Waals surface area (Å²) in [4.78, 5) is 17.8. The minimum absolute atomic E-state index is 0.136. The Kier molecular flexibility index (Phi) is 6.07. The van der Waals surface area contributed by atoms with Crippen molar-refractivity contribution in [1.29, 1.82) is 0 Å². The van der Waals surface area contributed by atoms with Crippen molar-refractivity contribution in [3.63, 3.8) is 0 Å². The van der Waals surface area contributed by atoms with Crippen molar-refractivity contribution in [2.24, 2.45) is 0 Å². The number of rotatable bonds is 4. The Bertz CT molecular complexity index is 1290. The van der Waals surface area contributed by atoms with E-state index in [1.54, 1.807) is 12.1 Å². The molecule has 1 N–H and O–H groups in total. The number of nitrogens with zero attached hydrogens (tertiary/aromatic N) is 2. The number of phenolic OH excluding ortho intramolecular Hbond substituents is 1. The van der Waals surface area contributed by atoms with Gasteiger partial charge in [0, 0.05) is 43.4 Å². The molecule has 0 bridgehead atoms. The van der Waals surface area contributed by atoms with Gasteiger partial charge in [-0.2, -0.15) is 0 Å². The normalized spacial score (nSPS) is 17.2. The number of aryl methyl sites for hydroxylation is 2. The molecule has 0 aromatic heterocycles. The van der Waals surface area contributed by atoms with Crippen LogP contribution in [-0.2, 0) is 6.54 Å². The fourth-order valence-electron chi connectivity index (χ4n) is 4.68. The van der Waals surface area contributed by atoms with Crippen molar-refractivity contribution >= 4 is 29.1 Å². The maximum atomic E-state index is 13.2. The third-order valence-electron chi connectivity index (χ3n) is 6.62. The highest BCUT2D eigenvalue weighted by atomic mass is 35.5. The van der Waals surface area contributed by atoms with E-state index < -0.39 is 0 Å². The van der Waals surface area contributed by atoms with Gasteiger partial charge in [-0.05, 0) is 60.9 Å². The number of allylic oxidation sites excluding steroid dienone is 1. The minimum atomic E-state index is -0.136. The summed E-state index contributed by atoms with van der Waals surface area (Å²) in [5.41, 5.74) is 5.06. The van der Waals surface area contributed by atoms with Gasteiger partial charge in [0.15, 0.2) is 5.76 Å². The molecule has 0 amide bonds. The number of ketones is 1. The predicted molar refractivity (Wildman–Crippen MR) is 136 cm³/mol. The van der Waals surface area contributed by atoms with Crippen LogP contribution in [0.1, 0.15) is 32.6 Å². The number of carbonyl (C=O) groups is 1. The Morgan fingerprint density at radius 2 is 1.76 bits per heavy atom. The van der Waals surface area contributed by atoms with E-state index in [1.165, 1.54) is 0 Å². The molecule has 2 aliphatic rings. The maximum absolute atomic E-state index is 13.2. The van der Waals surface area contributed by atoms with Gasteiger partial charge >= 0.3 is 0 Å². The van der Waals surface area contributed by atoms with Crippen molar-refractivity contribution in [3.05, 3.63) is 93.2 Å². The number of piperazine rings is 1. The van der Waals surface area contributed by atoms with Gasteiger partial charge in [-0.3, -0.25) is 9.69 Å². The Labute approximate surface area is 204 Å². The highest BCUT2D eigenvalue weighted by Crippen LogP contribution is 2.42. The van der Waals surface area contributed by atoms with Gasteiger partial charge in [-0.15, -0.1) is 0 Å². The van der Waals surface area contributed by atoms with Crippen LogP contribution < -0.4 is 9.64 Å². The number of phenols is 1. The van der Waals surface area contributed by atoms with Gasteiger partial charge in [-0.25, -0.2) is 0 Å². The van der Waals surface area contributed by atoms with Crippen LogP contribution in [0, 0.1) is 13.8 Å². The van der Waals surface area contributed by atoms with Crippen molar-refractivity contribution in [1.82, 2.24) is 4.90 Å². The number of ether oxygens (including phenoxy) is 1. The first kappa shape index (κ1) is 22.5. The van der Waals surface area contributed by atoms with E-state index in [0.717, 1.165) is 53.6 Å². The Morgan fingerprint density at radius 3 is 2.50 bits per heavy atom. The average molecular weight is 475 g/mol. The molecule has 0 atom stereocenters. The lowest BCUT2D eigenvalue weighted by Gasteiger charge is -2.36. The molecule has 2 heterocycles. The lowest BCUT2D eigenvalue weighted by molar-refractivity contribution is 0.101. The molecule has 0 unspecified atom stereocenters. The van der Waals surface area contributed by atoms with E-state index in [4.69, 9.17) is 16.3 Å². The van der Waals surface area contributed by atoms with E-state index in [2.05, 4.69) is 15.9 Å². The molecule has 2 aliphatic heterocycles. The largest absolute Gasteiger partial charge is 0.507 e. The molecule has 5 nitrogen and oxygen atoms in total. The number of carbonyl (C=O) groups excluding carboxylic acids is 1. The molecule has 3 aromatic rings. The molecular weight excluding hydrogens is 448 g/mol. The molecule has 6 heteroatoms. The third-order valence-corrected chi connectivity index (χ3v) is 6.86. The molecule has 0 aliphatic carbocycles. The standard InChI is InChI=1S/C28H27ClN2O3/c1-18-6-3-4-7-20(18)15-25-27(33)26-19(2)14-24(32)23(28(26)34-25)17-30-10-12-31(13-11-30)22-9-5-8-21(29)16-22/h3-9,14-16,32H,10-13,17H2,1-2H3/b25-15-. The second-order valence-electron chi connectivity index (χ2n) is 8.93. The number of hydrogen-bond acceptors (Lipinski definition) is 5. The Hall–Kier alpha value is -3.28. The zero-order chi connectivity index (χ0) is 23.8. The van der Waals surface area contributed by atoms with Crippen LogP contribution in [0.5, 0.6) is 11.5 Å². The summed E-state index contributed by atoms with van der Waals surface area (Å²) in [5.74, 6) is 0.811. The number of hydrogen-bond donors (Lipinski definition) is 1. The summed E-state index contributed by atoms with van der Waals surface area (Å²) in [5, 5.41) is 11.5. The van der Waals surface area contributed by atoms with E-state index in [-0.39, 0.29) is 11.5 Å². The number of aromatic hydroxyl groups is 1. The van der Waals surface area contributed by atoms with Crippen molar-refractivity contribution in [2.75, 3.05) is 31.1 Å². The van der Waals surface area contributed by atoms with Gasteiger partial charge in [-0.1, -0.05) is 41.9 Å². The molecule has 1 fully saturated rings. The fourth-order valence-corrected chi connectivity index (χ4v) is 4.87. The van der Waals surface area contributed by atoms with Gasteiger partial charge in [0.25, 0.3) is 0 Å². The summed E-state index contributed by atoms with van der Waals surface area (Å²) >= 11 is 6.16. The molecule has 0 radical (unpaired) electrons. The van der Waals surface area contributed by atoms with E-state index >= 15 is 0 Å². The second kappa shape index (κ2) is 9.16. The summed E-state index contributed by atoms with van der Waals surface area (Å²) < 4.78 is 6.12. The molecule has 5 rings (SSSR count).